The summed E-state index contributed by atoms with van der Waals surface area (Å²) < 4.78 is 20.0. The van der Waals surface area contributed by atoms with Gasteiger partial charge in [0.25, 0.3) is 0 Å². The molecule has 7 heteroatoms. The lowest BCUT2D eigenvalue weighted by molar-refractivity contribution is 0.0692. The van der Waals surface area contributed by atoms with Crippen LogP contribution in [0.2, 0.25) is 0 Å². The van der Waals surface area contributed by atoms with Crippen molar-refractivity contribution >= 4 is 17.0 Å². The molecule has 1 aromatic heterocycles. The van der Waals surface area contributed by atoms with Gasteiger partial charge in [-0.1, -0.05) is 5.21 Å². The number of carboxylic acid groups (broad SMARTS) is 1. The van der Waals surface area contributed by atoms with Crippen molar-refractivity contribution in [1.29, 1.82) is 0 Å². The van der Waals surface area contributed by atoms with E-state index in [4.69, 9.17) is 9.84 Å². The summed E-state index contributed by atoms with van der Waals surface area (Å²) in [4.78, 5) is 10.8. The van der Waals surface area contributed by atoms with Crippen molar-refractivity contribution in [2.24, 2.45) is 0 Å². The van der Waals surface area contributed by atoms with Gasteiger partial charge in [0, 0.05) is 26.3 Å². The second-order valence-electron chi connectivity index (χ2n) is 3.78. The number of hydrogen-bond acceptors (Lipinski definition) is 4. The molecule has 0 unspecified atom stereocenters. The average molecular weight is 253 g/mol. The van der Waals surface area contributed by atoms with Gasteiger partial charge < -0.3 is 9.84 Å². The molecule has 0 amide bonds. The maximum atomic E-state index is 13.5. The van der Waals surface area contributed by atoms with Crippen LogP contribution in [0.4, 0.5) is 4.39 Å². The van der Waals surface area contributed by atoms with Crippen LogP contribution in [0.25, 0.3) is 11.0 Å². The maximum Gasteiger partial charge on any atom is 0.338 e. The Hall–Kier alpha value is -2.02. The van der Waals surface area contributed by atoms with Gasteiger partial charge in [-0.25, -0.2) is 13.9 Å². The van der Waals surface area contributed by atoms with E-state index >= 15 is 0 Å². The Balaban J connectivity index is 2.35. The number of aryl methyl sites for hydroxylation is 1. The van der Waals surface area contributed by atoms with Crippen LogP contribution < -0.4 is 0 Å². The molecule has 0 saturated carbocycles. The van der Waals surface area contributed by atoms with Crippen molar-refractivity contribution in [3.8, 4) is 0 Å². The molecule has 96 valence electrons. The van der Waals surface area contributed by atoms with E-state index in [1.165, 1.54) is 10.7 Å². The summed E-state index contributed by atoms with van der Waals surface area (Å²) in [7, 11) is 1.60. The van der Waals surface area contributed by atoms with Gasteiger partial charge in [0.15, 0.2) is 0 Å². The molecule has 18 heavy (non-hydrogen) atoms. The van der Waals surface area contributed by atoms with Gasteiger partial charge in [0.1, 0.15) is 11.3 Å². The van der Waals surface area contributed by atoms with Crippen LogP contribution >= 0.6 is 0 Å². The first-order valence-corrected chi connectivity index (χ1v) is 5.38. The summed E-state index contributed by atoms with van der Waals surface area (Å²) in [6.45, 7) is 1.10. The lowest BCUT2D eigenvalue weighted by Crippen LogP contribution is -2.04. The highest BCUT2D eigenvalue weighted by molar-refractivity contribution is 5.92. The smallest absolute Gasteiger partial charge is 0.338 e. The fourth-order valence-corrected chi connectivity index (χ4v) is 1.68. The molecule has 0 aliphatic carbocycles. The Labute approximate surface area is 102 Å². The van der Waals surface area contributed by atoms with E-state index in [2.05, 4.69) is 10.3 Å². The summed E-state index contributed by atoms with van der Waals surface area (Å²) in [5, 5.41) is 16.5. The van der Waals surface area contributed by atoms with Crippen LogP contribution in [0.1, 0.15) is 16.8 Å². The maximum absolute atomic E-state index is 13.5. The monoisotopic (exact) mass is 253 g/mol. The van der Waals surface area contributed by atoms with Crippen molar-refractivity contribution in [1.82, 2.24) is 15.0 Å². The minimum absolute atomic E-state index is 0.367. The molecule has 0 radical (unpaired) electrons. The van der Waals surface area contributed by atoms with Crippen molar-refractivity contribution in [3.63, 3.8) is 0 Å². The number of carbonyl (C=O) groups is 1. The van der Waals surface area contributed by atoms with E-state index in [0.29, 0.717) is 24.2 Å². The highest BCUT2D eigenvalue weighted by atomic mass is 19.1. The number of rotatable bonds is 5. The van der Waals surface area contributed by atoms with Crippen LogP contribution in [-0.4, -0.2) is 39.8 Å². The second-order valence-corrected chi connectivity index (χ2v) is 3.78. The van der Waals surface area contributed by atoms with Gasteiger partial charge in [-0.15, -0.1) is 5.10 Å². The predicted octanol–water partition coefficient (Wildman–Crippen LogP) is 1.31. The molecule has 0 atom stereocenters. The van der Waals surface area contributed by atoms with Gasteiger partial charge in [-0.3, -0.25) is 0 Å². The molecule has 0 fully saturated rings. The fourth-order valence-electron chi connectivity index (χ4n) is 1.68. The second kappa shape index (κ2) is 5.09. The lowest BCUT2D eigenvalue weighted by atomic mass is 10.2. The Morgan fingerprint density at radius 1 is 1.56 bits per heavy atom. The fraction of sp³-hybridized carbons (Fsp3) is 0.364. The molecule has 0 aliphatic heterocycles. The summed E-state index contributed by atoms with van der Waals surface area (Å²) in [6.07, 6.45) is 0.720. The van der Waals surface area contributed by atoms with Crippen LogP contribution in [0.3, 0.4) is 0 Å². The van der Waals surface area contributed by atoms with E-state index in [1.807, 2.05) is 0 Å². The molecule has 0 bridgehead atoms. The first kappa shape index (κ1) is 12.4. The quantitative estimate of drug-likeness (QED) is 0.813. The van der Waals surface area contributed by atoms with Gasteiger partial charge in [0.2, 0.25) is 0 Å². The third-order valence-electron chi connectivity index (χ3n) is 2.55. The SMILES string of the molecule is COCCCn1nnc2cc(C(=O)O)c(F)cc21. The Bertz CT molecular complexity index is 582. The molecule has 2 aromatic rings. The van der Waals surface area contributed by atoms with E-state index < -0.39 is 17.3 Å². The molecule has 1 heterocycles. The molecule has 0 aliphatic rings. The van der Waals surface area contributed by atoms with E-state index in [-0.39, 0.29) is 0 Å². The summed E-state index contributed by atoms with van der Waals surface area (Å²) in [6, 6.07) is 2.33. The largest absolute Gasteiger partial charge is 0.478 e. The highest BCUT2D eigenvalue weighted by Crippen LogP contribution is 2.17. The van der Waals surface area contributed by atoms with Crippen molar-refractivity contribution in [2.45, 2.75) is 13.0 Å². The van der Waals surface area contributed by atoms with Crippen molar-refractivity contribution in [3.05, 3.63) is 23.5 Å². The van der Waals surface area contributed by atoms with E-state index in [9.17, 15) is 9.18 Å². The zero-order valence-electron chi connectivity index (χ0n) is 9.76. The number of methoxy groups -OCH3 is 1. The van der Waals surface area contributed by atoms with E-state index in [1.54, 1.807) is 7.11 Å². The number of benzene rings is 1. The van der Waals surface area contributed by atoms with Crippen LogP contribution in [0.5, 0.6) is 0 Å². The van der Waals surface area contributed by atoms with Gasteiger partial charge in [-0.2, -0.15) is 0 Å². The number of hydrogen-bond donors (Lipinski definition) is 1. The first-order chi connectivity index (χ1) is 8.63. The topological polar surface area (TPSA) is 77.2 Å². The molecular weight excluding hydrogens is 241 g/mol. The Morgan fingerprint density at radius 3 is 3.00 bits per heavy atom. The van der Waals surface area contributed by atoms with Crippen LogP contribution in [0.15, 0.2) is 12.1 Å². The molecule has 1 N–H and O–H groups in total. The minimum atomic E-state index is -1.32. The zero-order chi connectivity index (χ0) is 13.1. The standard InChI is InChI=1S/C11H12FN3O3/c1-18-4-2-3-15-10-6-8(12)7(11(16)17)5-9(10)13-14-15/h5-6H,2-4H2,1H3,(H,16,17). The number of nitrogens with zero attached hydrogens (tertiary/aromatic N) is 3. The number of ether oxygens (including phenoxy) is 1. The Morgan fingerprint density at radius 2 is 2.33 bits per heavy atom. The van der Waals surface area contributed by atoms with Gasteiger partial charge in [0.05, 0.1) is 11.1 Å². The van der Waals surface area contributed by atoms with Crippen LogP contribution in [0, 0.1) is 5.82 Å². The third-order valence-corrected chi connectivity index (χ3v) is 2.55. The molecule has 0 saturated heterocycles. The van der Waals surface area contributed by atoms with Gasteiger partial charge in [-0.05, 0) is 12.5 Å². The third kappa shape index (κ3) is 2.30. The van der Waals surface area contributed by atoms with Gasteiger partial charge >= 0.3 is 5.97 Å². The normalized spacial score (nSPS) is 11.0. The molecule has 1 aromatic carbocycles. The predicted molar refractivity (Wildman–Crippen MR) is 60.9 cm³/mol. The Kier molecular flexibility index (Phi) is 3.52. The summed E-state index contributed by atoms with van der Waals surface area (Å²) in [5.74, 6) is -2.10. The number of fused-ring (bicyclic) bond motifs is 1. The molecule has 2 rings (SSSR count). The number of aromatic carboxylic acids is 1. The average Bonchev–Trinajstić information content (AvgIpc) is 2.71. The molecular formula is C11H12FN3O3. The van der Waals surface area contributed by atoms with Crippen molar-refractivity contribution < 1.29 is 19.0 Å². The molecule has 0 spiro atoms. The zero-order valence-corrected chi connectivity index (χ0v) is 9.76. The number of carboxylic acids is 1. The van der Waals surface area contributed by atoms with Crippen LogP contribution in [-0.2, 0) is 11.3 Å². The lowest BCUT2D eigenvalue weighted by Gasteiger charge is -2.02. The minimum Gasteiger partial charge on any atom is -0.478 e. The summed E-state index contributed by atoms with van der Waals surface area (Å²) in [5.41, 5.74) is 0.450. The van der Waals surface area contributed by atoms with E-state index in [0.717, 1.165) is 12.5 Å². The summed E-state index contributed by atoms with van der Waals surface area (Å²) >= 11 is 0. The number of halogens is 1. The first-order valence-electron chi connectivity index (χ1n) is 5.38. The number of aromatic nitrogens is 3. The molecule has 6 nitrogen and oxygen atoms in total. The highest BCUT2D eigenvalue weighted by Gasteiger charge is 2.14. The van der Waals surface area contributed by atoms with Crippen molar-refractivity contribution in [2.75, 3.05) is 13.7 Å².